The summed E-state index contributed by atoms with van der Waals surface area (Å²) in [6.45, 7) is 10.2. The van der Waals surface area contributed by atoms with E-state index in [0.29, 0.717) is 12.0 Å². The molecule has 0 bridgehead atoms. The number of carbonyl (C=O) groups excluding carboxylic acids is 1. The molecule has 0 aromatic heterocycles. The smallest absolute Gasteiger partial charge is 0.225 e. The first-order chi connectivity index (χ1) is 6.91. The average molecular weight is 212 g/mol. The topological polar surface area (TPSA) is 41.1 Å². The van der Waals surface area contributed by atoms with Gasteiger partial charge in [0.25, 0.3) is 0 Å². The standard InChI is InChI=1S/C12H24N2O/c1-9(10-5-7-13-8-6-10)14-11(15)12(2,3)4/h9-10,13H,5-8H2,1-4H3,(H,14,15). The molecular weight excluding hydrogens is 188 g/mol. The van der Waals surface area contributed by atoms with Gasteiger partial charge >= 0.3 is 0 Å². The van der Waals surface area contributed by atoms with Gasteiger partial charge in [0.1, 0.15) is 0 Å². The van der Waals surface area contributed by atoms with Crippen LogP contribution in [0.3, 0.4) is 0 Å². The second-order valence-electron chi connectivity index (χ2n) is 5.60. The van der Waals surface area contributed by atoms with Crippen molar-refractivity contribution in [1.82, 2.24) is 10.6 Å². The van der Waals surface area contributed by atoms with Crippen molar-refractivity contribution in [2.24, 2.45) is 11.3 Å². The first-order valence-electron chi connectivity index (χ1n) is 5.93. The largest absolute Gasteiger partial charge is 0.353 e. The third-order valence-corrected chi connectivity index (χ3v) is 3.13. The molecule has 1 aliphatic heterocycles. The van der Waals surface area contributed by atoms with E-state index in [1.54, 1.807) is 0 Å². The molecule has 0 spiro atoms. The minimum Gasteiger partial charge on any atom is -0.353 e. The van der Waals surface area contributed by atoms with Crippen LogP contribution in [0.1, 0.15) is 40.5 Å². The molecule has 1 aliphatic rings. The molecule has 1 amide bonds. The predicted molar refractivity (Wildman–Crippen MR) is 62.7 cm³/mol. The van der Waals surface area contributed by atoms with E-state index < -0.39 is 0 Å². The number of rotatable bonds is 2. The third kappa shape index (κ3) is 3.82. The summed E-state index contributed by atoms with van der Waals surface area (Å²) in [5.74, 6) is 0.797. The van der Waals surface area contributed by atoms with E-state index in [0.717, 1.165) is 13.1 Å². The average Bonchev–Trinajstić information content (AvgIpc) is 2.17. The molecular formula is C12H24N2O. The van der Waals surface area contributed by atoms with Crippen LogP contribution in [-0.2, 0) is 4.79 Å². The SMILES string of the molecule is CC(NC(=O)C(C)(C)C)C1CCNCC1. The van der Waals surface area contributed by atoms with Crippen molar-refractivity contribution in [3.05, 3.63) is 0 Å². The molecule has 2 N–H and O–H groups in total. The molecule has 1 heterocycles. The quantitative estimate of drug-likeness (QED) is 0.729. The summed E-state index contributed by atoms with van der Waals surface area (Å²) in [7, 11) is 0. The van der Waals surface area contributed by atoms with E-state index >= 15 is 0 Å². The third-order valence-electron chi connectivity index (χ3n) is 3.13. The Morgan fingerprint density at radius 1 is 1.33 bits per heavy atom. The van der Waals surface area contributed by atoms with Gasteiger partial charge in [-0.2, -0.15) is 0 Å². The van der Waals surface area contributed by atoms with Crippen molar-refractivity contribution in [2.45, 2.75) is 46.6 Å². The van der Waals surface area contributed by atoms with Gasteiger partial charge < -0.3 is 10.6 Å². The summed E-state index contributed by atoms with van der Waals surface area (Å²) in [6.07, 6.45) is 2.34. The number of hydrogen-bond donors (Lipinski definition) is 2. The highest BCUT2D eigenvalue weighted by Gasteiger charge is 2.26. The minimum atomic E-state index is -0.277. The number of amides is 1. The molecule has 0 aromatic carbocycles. The number of carbonyl (C=O) groups is 1. The highest BCUT2D eigenvalue weighted by molar-refractivity contribution is 5.81. The van der Waals surface area contributed by atoms with Crippen LogP contribution >= 0.6 is 0 Å². The molecule has 1 rings (SSSR count). The Bertz CT molecular complexity index is 214. The van der Waals surface area contributed by atoms with Crippen molar-refractivity contribution >= 4 is 5.91 Å². The molecule has 3 nitrogen and oxygen atoms in total. The molecule has 15 heavy (non-hydrogen) atoms. The monoisotopic (exact) mass is 212 g/mol. The molecule has 1 atom stereocenters. The molecule has 1 saturated heterocycles. The Kier molecular flexibility index (Phi) is 4.14. The van der Waals surface area contributed by atoms with Crippen LogP contribution in [0.5, 0.6) is 0 Å². The molecule has 1 fully saturated rings. The molecule has 0 radical (unpaired) electrons. The zero-order valence-corrected chi connectivity index (χ0v) is 10.4. The lowest BCUT2D eigenvalue weighted by atomic mass is 9.89. The Hall–Kier alpha value is -0.570. The molecule has 0 saturated carbocycles. The van der Waals surface area contributed by atoms with Crippen LogP contribution in [0.2, 0.25) is 0 Å². The Morgan fingerprint density at radius 3 is 2.33 bits per heavy atom. The highest BCUT2D eigenvalue weighted by atomic mass is 16.2. The van der Waals surface area contributed by atoms with Crippen LogP contribution in [0.25, 0.3) is 0 Å². The number of nitrogens with one attached hydrogen (secondary N) is 2. The van der Waals surface area contributed by atoms with Crippen LogP contribution in [0.4, 0.5) is 0 Å². The number of piperidine rings is 1. The van der Waals surface area contributed by atoms with E-state index in [4.69, 9.17) is 0 Å². The lowest BCUT2D eigenvalue weighted by molar-refractivity contribution is -0.129. The van der Waals surface area contributed by atoms with Crippen molar-refractivity contribution < 1.29 is 4.79 Å². The Morgan fingerprint density at radius 2 is 1.87 bits per heavy atom. The van der Waals surface area contributed by atoms with Crippen molar-refractivity contribution in [2.75, 3.05) is 13.1 Å². The minimum absolute atomic E-state index is 0.161. The van der Waals surface area contributed by atoms with Gasteiger partial charge in [0.15, 0.2) is 0 Å². The maximum atomic E-state index is 11.8. The zero-order valence-electron chi connectivity index (χ0n) is 10.4. The van der Waals surface area contributed by atoms with Gasteiger partial charge in [-0.05, 0) is 38.8 Å². The summed E-state index contributed by atoms with van der Waals surface area (Å²) in [6, 6.07) is 0.304. The summed E-state index contributed by atoms with van der Waals surface area (Å²) in [5, 5.41) is 6.46. The van der Waals surface area contributed by atoms with E-state index in [9.17, 15) is 4.79 Å². The van der Waals surface area contributed by atoms with E-state index in [1.807, 2.05) is 20.8 Å². The molecule has 1 unspecified atom stereocenters. The molecule has 0 aromatic rings. The second-order valence-corrected chi connectivity index (χ2v) is 5.60. The molecule has 3 heteroatoms. The number of hydrogen-bond acceptors (Lipinski definition) is 2. The zero-order chi connectivity index (χ0) is 11.5. The second kappa shape index (κ2) is 4.97. The van der Waals surface area contributed by atoms with Crippen LogP contribution in [0, 0.1) is 11.3 Å². The van der Waals surface area contributed by atoms with Gasteiger partial charge in [0.05, 0.1) is 0 Å². The molecule has 0 aliphatic carbocycles. The fourth-order valence-electron chi connectivity index (χ4n) is 1.89. The van der Waals surface area contributed by atoms with E-state index in [2.05, 4.69) is 17.6 Å². The first-order valence-corrected chi connectivity index (χ1v) is 5.93. The van der Waals surface area contributed by atoms with Gasteiger partial charge in [0, 0.05) is 11.5 Å². The summed E-state index contributed by atoms with van der Waals surface area (Å²) < 4.78 is 0. The highest BCUT2D eigenvalue weighted by Crippen LogP contribution is 2.18. The van der Waals surface area contributed by atoms with Crippen molar-refractivity contribution in [1.29, 1.82) is 0 Å². The lowest BCUT2D eigenvalue weighted by Crippen LogP contribution is -2.46. The fourth-order valence-corrected chi connectivity index (χ4v) is 1.89. The van der Waals surface area contributed by atoms with E-state index in [1.165, 1.54) is 12.8 Å². The van der Waals surface area contributed by atoms with Crippen LogP contribution < -0.4 is 10.6 Å². The lowest BCUT2D eigenvalue weighted by Gasteiger charge is -2.30. The van der Waals surface area contributed by atoms with Gasteiger partial charge in [-0.3, -0.25) is 4.79 Å². The summed E-state index contributed by atoms with van der Waals surface area (Å²) >= 11 is 0. The van der Waals surface area contributed by atoms with Gasteiger partial charge in [-0.15, -0.1) is 0 Å². The fraction of sp³-hybridized carbons (Fsp3) is 0.917. The Labute approximate surface area is 93.0 Å². The first kappa shape index (κ1) is 12.5. The van der Waals surface area contributed by atoms with Crippen LogP contribution in [-0.4, -0.2) is 25.0 Å². The summed E-state index contributed by atoms with van der Waals surface area (Å²) in [4.78, 5) is 11.8. The normalized spacial score (nSPS) is 21.1. The Balaban J connectivity index is 2.40. The van der Waals surface area contributed by atoms with Crippen LogP contribution in [0.15, 0.2) is 0 Å². The molecule has 88 valence electrons. The predicted octanol–water partition coefficient (Wildman–Crippen LogP) is 1.54. The summed E-state index contributed by atoms with van der Waals surface area (Å²) in [5.41, 5.74) is -0.277. The van der Waals surface area contributed by atoms with Gasteiger partial charge in [-0.1, -0.05) is 20.8 Å². The van der Waals surface area contributed by atoms with Gasteiger partial charge in [-0.25, -0.2) is 0 Å². The van der Waals surface area contributed by atoms with Crippen molar-refractivity contribution in [3.63, 3.8) is 0 Å². The van der Waals surface area contributed by atoms with Crippen molar-refractivity contribution in [3.8, 4) is 0 Å². The van der Waals surface area contributed by atoms with E-state index in [-0.39, 0.29) is 11.3 Å². The van der Waals surface area contributed by atoms with Gasteiger partial charge in [0.2, 0.25) is 5.91 Å². The maximum Gasteiger partial charge on any atom is 0.225 e. The maximum absolute atomic E-state index is 11.8.